The molecule has 0 aliphatic carbocycles. The maximum absolute atomic E-state index is 4.06. The first kappa shape index (κ1) is 12.8. The SMILES string of the molecule is C=C(Cc1ccccc1)NCCCC(C)C. The van der Waals surface area contributed by atoms with Crippen LogP contribution in [0.15, 0.2) is 42.6 Å². The van der Waals surface area contributed by atoms with Crippen molar-refractivity contribution in [1.29, 1.82) is 0 Å². The van der Waals surface area contributed by atoms with Crippen molar-refractivity contribution in [2.75, 3.05) is 6.54 Å². The van der Waals surface area contributed by atoms with Gasteiger partial charge in [-0.25, -0.2) is 0 Å². The molecule has 0 saturated carbocycles. The first-order chi connectivity index (χ1) is 7.68. The van der Waals surface area contributed by atoms with E-state index in [4.69, 9.17) is 0 Å². The molecular formula is C15H23N. The molecule has 0 aliphatic rings. The van der Waals surface area contributed by atoms with Crippen LogP contribution in [-0.4, -0.2) is 6.54 Å². The lowest BCUT2D eigenvalue weighted by atomic mass is 10.1. The van der Waals surface area contributed by atoms with Crippen LogP contribution in [0.5, 0.6) is 0 Å². The highest BCUT2D eigenvalue weighted by Gasteiger charge is 1.97. The maximum Gasteiger partial charge on any atom is 0.0143 e. The summed E-state index contributed by atoms with van der Waals surface area (Å²) in [5.74, 6) is 0.796. The van der Waals surface area contributed by atoms with Gasteiger partial charge in [0.05, 0.1) is 0 Å². The van der Waals surface area contributed by atoms with Crippen LogP contribution in [0, 0.1) is 5.92 Å². The monoisotopic (exact) mass is 217 g/mol. The second kappa shape index (κ2) is 7.10. The van der Waals surface area contributed by atoms with Gasteiger partial charge in [-0.2, -0.15) is 0 Å². The smallest absolute Gasteiger partial charge is 0.0143 e. The summed E-state index contributed by atoms with van der Waals surface area (Å²) in [7, 11) is 0. The zero-order chi connectivity index (χ0) is 11.8. The van der Waals surface area contributed by atoms with Crippen molar-refractivity contribution in [1.82, 2.24) is 5.32 Å². The third-order valence-electron chi connectivity index (χ3n) is 2.59. The molecule has 0 aliphatic heterocycles. The number of rotatable bonds is 7. The minimum absolute atomic E-state index is 0.796. The van der Waals surface area contributed by atoms with Crippen molar-refractivity contribution >= 4 is 0 Å². The molecule has 0 fully saturated rings. The van der Waals surface area contributed by atoms with Crippen LogP contribution in [0.3, 0.4) is 0 Å². The fourth-order valence-electron chi connectivity index (χ4n) is 1.68. The minimum atomic E-state index is 0.796. The second-order valence-corrected chi connectivity index (χ2v) is 4.73. The van der Waals surface area contributed by atoms with Gasteiger partial charge in [-0.15, -0.1) is 0 Å². The van der Waals surface area contributed by atoms with E-state index in [0.717, 1.165) is 24.6 Å². The Morgan fingerprint density at radius 1 is 1.25 bits per heavy atom. The quantitative estimate of drug-likeness (QED) is 0.686. The summed E-state index contributed by atoms with van der Waals surface area (Å²) in [5.41, 5.74) is 2.44. The summed E-state index contributed by atoms with van der Waals surface area (Å²) >= 11 is 0. The highest BCUT2D eigenvalue weighted by atomic mass is 14.9. The van der Waals surface area contributed by atoms with Gasteiger partial charge in [-0.1, -0.05) is 50.8 Å². The van der Waals surface area contributed by atoms with E-state index in [1.54, 1.807) is 0 Å². The van der Waals surface area contributed by atoms with Crippen molar-refractivity contribution < 1.29 is 0 Å². The molecule has 1 N–H and O–H groups in total. The van der Waals surface area contributed by atoms with Crippen LogP contribution < -0.4 is 5.32 Å². The number of hydrogen-bond acceptors (Lipinski definition) is 1. The molecule has 0 aromatic heterocycles. The molecule has 16 heavy (non-hydrogen) atoms. The summed E-state index contributed by atoms with van der Waals surface area (Å²) in [5, 5.41) is 3.39. The van der Waals surface area contributed by atoms with Gasteiger partial charge in [0.1, 0.15) is 0 Å². The molecule has 88 valence electrons. The second-order valence-electron chi connectivity index (χ2n) is 4.73. The molecule has 0 saturated heterocycles. The molecule has 0 unspecified atom stereocenters. The van der Waals surface area contributed by atoms with Gasteiger partial charge in [-0.05, 0) is 24.3 Å². The summed E-state index contributed by atoms with van der Waals surface area (Å²) < 4.78 is 0. The Morgan fingerprint density at radius 2 is 1.94 bits per heavy atom. The number of nitrogens with one attached hydrogen (secondary N) is 1. The van der Waals surface area contributed by atoms with E-state index in [1.165, 1.54) is 18.4 Å². The minimum Gasteiger partial charge on any atom is -0.389 e. The highest BCUT2D eigenvalue weighted by Crippen LogP contribution is 2.05. The molecule has 0 radical (unpaired) electrons. The summed E-state index contributed by atoms with van der Waals surface area (Å²) in [6.45, 7) is 9.63. The molecule has 1 aromatic rings. The summed E-state index contributed by atoms with van der Waals surface area (Å²) in [6.07, 6.45) is 3.44. The van der Waals surface area contributed by atoms with Gasteiger partial charge in [0.15, 0.2) is 0 Å². The van der Waals surface area contributed by atoms with Crippen LogP contribution in [0.2, 0.25) is 0 Å². The van der Waals surface area contributed by atoms with E-state index in [9.17, 15) is 0 Å². The van der Waals surface area contributed by atoms with Crippen molar-refractivity contribution in [2.45, 2.75) is 33.1 Å². The molecule has 0 heterocycles. The average molecular weight is 217 g/mol. The molecule has 0 spiro atoms. The average Bonchev–Trinajstić information content (AvgIpc) is 2.25. The van der Waals surface area contributed by atoms with E-state index < -0.39 is 0 Å². The van der Waals surface area contributed by atoms with Crippen LogP contribution in [0.4, 0.5) is 0 Å². The normalized spacial score (nSPS) is 10.4. The van der Waals surface area contributed by atoms with Gasteiger partial charge >= 0.3 is 0 Å². The van der Waals surface area contributed by atoms with E-state index >= 15 is 0 Å². The first-order valence-electron chi connectivity index (χ1n) is 6.14. The molecular weight excluding hydrogens is 194 g/mol. The van der Waals surface area contributed by atoms with Gasteiger partial charge in [0.25, 0.3) is 0 Å². The molecule has 0 bridgehead atoms. The molecule has 0 amide bonds. The van der Waals surface area contributed by atoms with Crippen LogP contribution in [0.1, 0.15) is 32.3 Å². The molecule has 1 rings (SSSR count). The highest BCUT2D eigenvalue weighted by molar-refractivity contribution is 5.19. The Morgan fingerprint density at radius 3 is 2.56 bits per heavy atom. The number of benzene rings is 1. The van der Waals surface area contributed by atoms with Crippen LogP contribution >= 0.6 is 0 Å². The van der Waals surface area contributed by atoms with Crippen LogP contribution in [-0.2, 0) is 6.42 Å². The van der Waals surface area contributed by atoms with Gasteiger partial charge < -0.3 is 5.32 Å². The summed E-state index contributed by atoms with van der Waals surface area (Å²) in [4.78, 5) is 0. The van der Waals surface area contributed by atoms with Gasteiger partial charge in [0, 0.05) is 18.7 Å². The van der Waals surface area contributed by atoms with E-state index in [-0.39, 0.29) is 0 Å². The van der Waals surface area contributed by atoms with E-state index in [1.807, 2.05) is 6.07 Å². The van der Waals surface area contributed by atoms with E-state index in [2.05, 4.69) is 50.0 Å². The van der Waals surface area contributed by atoms with Crippen molar-refractivity contribution in [3.05, 3.63) is 48.2 Å². The zero-order valence-corrected chi connectivity index (χ0v) is 10.5. The Labute approximate surface area is 99.6 Å². The Hall–Kier alpha value is -1.24. The zero-order valence-electron chi connectivity index (χ0n) is 10.5. The third-order valence-corrected chi connectivity index (χ3v) is 2.59. The molecule has 0 atom stereocenters. The number of allylic oxidation sites excluding steroid dienone is 1. The predicted octanol–water partition coefficient (Wildman–Crippen LogP) is 3.77. The lowest BCUT2D eigenvalue weighted by molar-refractivity contribution is 0.542. The standard InChI is InChI=1S/C15H23N/c1-13(2)8-7-11-16-14(3)12-15-9-5-4-6-10-15/h4-6,9-10,13,16H,3,7-8,11-12H2,1-2H3. The van der Waals surface area contributed by atoms with E-state index in [0.29, 0.717) is 0 Å². The summed E-state index contributed by atoms with van der Waals surface area (Å²) in [6, 6.07) is 10.5. The fourth-order valence-corrected chi connectivity index (χ4v) is 1.68. The Balaban J connectivity index is 2.17. The molecule has 1 aromatic carbocycles. The predicted molar refractivity (Wildman–Crippen MR) is 71.4 cm³/mol. The van der Waals surface area contributed by atoms with Crippen LogP contribution in [0.25, 0.3) is 0 Å². The van der Waals surface area contributed by atoms with Gasteiger partial charge in [-0.3, -0.25) is 0 Å². The van der Waals surface area contributed by atoms with Crippen molar-refractivity contribution in [2.24, 2.45) is 5.92 Å². The first-order valence-corrected chi connectivity index (χ1v) is 6.14. The third kappa shape index (κ3) is 5.59. The lowest BCUT2D eigenvalue weighted by Crippen LogP contribution is -2.16. The lowest BCUT2D eigenvalue weighted by Gasteiger charge is -2.10. The van der Waals surface area contributed by atoms with Crippen molar-refractivity contribution in [3.63, 3.8) is 0 Å². The number of hydrogen-bond donors (Lipinski definition) is 1. The van der Waals surface area contributed by atoms with Crippen molar-refractivity contribution in [3.8, 4) is 0 Å². The molecule has 1 heteroatoms. The fraction of sp³-hybridized carbons (Fsp3) is 0.467. The largest absolute Gasteiger partial charge is 0.389 e. The molecule has 1 nitrogen and oxygen atoms in total. The topological polar surface area (TPSA) is 12.0 Å². The maximum atomic E-state index is 4.06. The Kier molecular flexibility index (Phi) is 5.69. The van der Waals surface area contributed by atoms with Gasteiger partial charge in [0.2, 0.25) is 0 Å². The Bertz CT molecular complexity index is 300.